The molecule has 0 amide bonds. The first kappa shape index (κ1) is 9.16. The Morgan fingerprint density at radius 1 is 1.62 bits per heavy atom. The topological polar surface area (TPSA) is 55.1 Å². The van der Waals surface area contributed by atoms with Crippen molar-refractivity contribution in [2.24, 2.45) is 23.0 Å². The number of Topliss-reactive ketones (excluding diaryl/α,β-unsaturated/α-hetero) is 1. The molecule has 3 N–H and O–H groups in total. The molecule has 1 aliphatic heterocycles. The minimum absolute atomic E-state index is 0.0519. The number of rotatable bonds is 3. The highest BCUT2D eigenvalue weighted by molar-refractivity contribution is 5.93. The summed E-state index contributed by atoms with van der Waals surface area (Å²) in [5, 5.41) is 3.26. The van der Waals surface area contributed by atoms with Crippen molar-refractivity contribution >= 4 is 5.78 Å². The van der Waals surface area contributed by atoms with Crippen molar-refractivity contribution in [1.29, 1.82) is 0 Å². The first-order valence-electron chi connectivity index (χ1n) is 5.08. The number of nitrogens with two attached hydrogens (primary N) is 1. The molecule has 0 bridgehead atoms. The van der Waals surface area contributed by atoms with Crippen LogP contribution in [0.25, 0.3) is 0 Å². The quantitative estimate of drug-likeness (QED) is 0.653. The van der Waals surface area contributed by atoms with Gasteiger partial charge in [-0.25, -0.2) is 0 Å². The Labute approximate surface area is 79.1 Å². The standard InChI is InChI=1S/C10H18N2O/c1-6(2)8(11)9(13)10-3-7(10)4-12-5-10/h6-8,12H,3-5,11H2,1-2H3/t7?,8-,10?/m0/s1. The van der Waals surface area contributed by atoms with Gasteiger partial charge in [-0.1, -0.05) is 13.8 Å². The van der Waals surface area contributed by atoms with Crippen molar-refractivity contribution in [2.45, 2.75) is 26.3 Å². The smallest absolute Gasteiger partial charge is 0.157 e. The van der Waals surface area contributed by atoms with E-state index in [9.17, 15) is 4.79 Å². The second-order valence-electron chi connectivity index (χ2n) is 4.82. The second kappa shape index (κ2) is 2.79. The average molecular weight is 182 g/mol. The molecule has 1 saturated carbocycles. The largest absolute Gasteiger partial charge is 0.321 e. The van der Waals surface area contributed by atoms with Gasteiger partial charge >= 0.3 is 0 Å². The van der Waals surface area contributed by atoms with E-state index < -0.39 is 0 Å². The van der Waals surface area contributed by atoms with E-state index in [1.54, 1.807) is 0 Å². The molecular weight excluding hydrogens is 164 g/mol. The van der Waals surface area contributed by atoms with Crippen molar-refractivity contribution in [3.8, 4) is 0 Å². The van der Waals surface area contributed by atoms with Crippen LogP contribution in [0.5, 0.6) is 0 Å². The van der Waals surface area contributed by atoms with Gasteiger partial charge in [0.25, 0.3) is 0 Å². The molecule has 0 aromatic rings. The third kappa shape index (κ3) is 1.22. The molecule has 0 aromatic heterocycles. The van der Waals surface area contributed by atoms with Crippen LogP contribution in [0, 0.1) is 17.3 Å². The van der Waals surface area contributed by atoms with E-state index >= 15 is 0 Å². The van der Waals surface area contributed by atoms with Crippen LogP contribution < -0.4 is 11.1 Å². The number of carbonyl (C=O) groups is 1. The minimum Gasteiger partial charge on any atom is -0.321 e. The molecule has 2 rings (SSSR count). The van der Waals surface area contributed by atoms with Crippen molar-refractivity contribution < 1.29 is 4.79 Å². The van der Waals surface area contributed by atoms with Gasteiger partial charge in [0.05, 0.1) is 6.04 Å². The normalized spacial score (nSPS) is 38.9. The summed E-state index contributed by atoms with van der Waals surface area (Å²) in [4.78, 5) is 12.0. The number of hydrogen-bond acceptors (Lipinski definition) is 3. The summed E-state index contributed by atoms with van der Waals surface area (Å²) < 4.78 is 0. The van der Waals surface area contributed by atoms with E-state index in [1.165, 1.54) is 0 Å². The first-order valence-corrected chi connectivity index (χ1v) is 5.08. The Balaban J connectivity index is 2.06. The third-order valence-electron chi connectivity index (χ3n) is 3.57. The lowest BCUT2D eigenvalue weighted by molar-refractivity contribution is -0.126. The fourth-order valence-electron chi connectivity index (χ4n) is 2.36. The Morgan fingerprint density at radius 3 is 2.69 bits per heavy atom. The number of nitrogens with one attached hydrogen (secondary N) is 1. The van der Waals surface area contributed by atoms with E-state index in [0.717, 1.165) is 19.5 Å². The third-order valence-corrected chi connectivity index (χ3v) is 3.57. The van der Waals surface area contributed by atoms with Gasteiger partial charge in [0, 0.05) is 12.0 Å². The van der Waals surface area contributed by atoms with Gasteiger partial charge in [0.1, 0.15) is 0 Å². The fraction of sp³-hybridized carbons (Fsp3) is 0.900. The zero-order chi connectivity index (χ0) is 9.64. The van der Waals surface area contributed by atoms with E-state index in [1.807, 2.05) is 13.8 Å². The lowest BCUT2D eigenvalue weighted by atomic mass is 9.89. The summed E-state index contributed by atoms with van der Waals surface area (Å²) >= 11 is 0. The lowest BCUT2D eigenvalue weighted by Gasteiger charge is -2.19. The monoisotopic (exact) mass is 182 g/mol. The van der Waals surface area contributed by atoms with Crippen molar-refractivity contribution in [3.05, 3.63) is 0 Å². The highest BCUT2D eigenvalue weighted by atomic mass is 16.1. The Bertz CT molecular complexity index is 239. The average Bonchev–Trinajstić information content (AvgIpc) is 2.67. The van der Waals surface area contributed by atoms with Crippen LogP contribution in [0.15, 0.2) is 0 Å². The lowest BCUT2D eigenvalue weighted by Crippen LogP contribution is -2.42. The molecule has 1 heterocycles. The SMILES string of the molecule is CC(C)[C@H](N)C(=O)C12CNCC1C2. The Hall–Kier alpha value is -0.410. The molecule has 2 aliphatic rings. The summed E-state index contributed by atoms with van der Waals surface area (Å²) in [7, 11) is 0. The molecule has 3 heteroatoms. The maximum atomic E-state index is 12.0. The summed E-state index contributed by atoms with van der Waals surface area (Å²) in [6, 6.07) is -0.259. The molecule has 0 radical (unpaired) electrons. The van der Waals surface area contributed by atoms with Gasteiger partial charge in [-0.3, -0.25) is 4.79 Å². The van der Waals surface area contributed by atoms with Crippen LogP contribution in [0.4, 0.5) is 0 Å². The fourth-order valence-corrected chi connectivity index (χ4v) is 2.36. The van der Waals surface area contributed by atoms with Crippen LogP contribution >= 0.6 is 0 Å². The number of piperidine rings is 1. The van der Waals surface area contributed by atoms with Gasteiger partial charge in [-0.05, 0) is 24.8 Å². The molecule has 1 aliphatic carbocycles. The molecule has 3 atom stereocenters. The number of carbonyl (C=O) groups excluding carboxylic acids is 1. The van der Waals surface area contributed by atoms with Gasteiger partial charge in [-0.2, -0.15) is 0 Å². The van der Waals surface area contributed by atoms with Crippen LogP contribution in [0.2, 0.25) is 0 Å². The zero-order valence-corrected chi connectivity index (χ0v) is 8.34. The summed E-state index contributed by atoms with van der Waals surface area (Å²) in [5.74, 6) is 1.14. The maximum Gasteiger partial charge on any atom is 0.157 e. The van der Waals surface area contributed by atoms with Gasteiger partial charge in [0.15, 0.2) is 5.78 Å². The summed E-state index contributed by atoms with van der Waals surface area (Å²) in [6.07, 6.45) is 1.07. The minimum atomic E-state index is -0.259. The number of ketones is 1. The second-order valence-corrected chi connectivity index (χ2v) is 4.82. The highest BCUT2D eigenvalue weighted by Gasteiger charge is 2.62. The van der Waals surface area contributed by atoms with E-state index in [-0.39, 0.29) is 23.2 Å². The van der Waals surface area contributed by atoms with Gasteiger partial charge in [0.2, 0.25) is 0 Å². The van der Waals surface area contributed by atoms with Crippen LogP contribution in [0.1, 0.15) is 20.3 Å². The van der Waals surface area contributed by atoms with Crippen LogP contribution in [-0.2, 0) is 4.79 Å². The van der Waals surface area contributed by atoms with Crippen LogP contribution in [0.3, 0.4) is 0 Å². The number of fused-ring (bicyclic) bond motifs is 1. The molecule has 74 valence electrons. The summed E-state index contributed by atoms with van der Waals surface area (Å²) in [6.45, 7) is 5.89. The van der Waals surface area contributed by atoms with E-state index in [2.05, 4.69) is 5.32 Å². The van der Waals surface area contributed by atoms with Crippen molar-refractivity contribution in [3.63, 3.8) is 0 Å². The maximum absolute atomic E-state index is 12.0. The molecule has 0 aromatic carbocycles. The highest BCUT2D eigenvalue weighted by Crippen LogP contribution is 2.56. The van der Waals surface area contributed by atoms with Gasteiger partial charge in [-0.15, -0.1) is 0 Å². The van der Waals surface area contributed by atoms with Crippen LogP contribution in [-0.4, -0.2) is 24.9 Å². The Kier molecular flexibility index (Phi) is 1.96. The predicted octanol–water partition coefficient (Wildman–Crippen LogP) is 0.148. The molecule has 2 unspecified atom stereocenters. The first-order chi connectivity index (χ1) is 6.08. The molecule has 3 nitrogen and oxygen atoms in total. The predicted molar refractivity (Wildman–Crippen MR) is 51.2 cm³/mol. The van der Waals surface area contributed by atoms with Gasteiger partial charge < -0.3 is 11.1 Å². The van der Waals surface area contributed by atoms with Crippen molar-refractivity contribution in [1.82, 2.24) is 5.32 Å². The molecule has 0 spiro atoms. The number of hydrogen-bond donors (Lipinski definition) is 2. The zero-order valence-electron chi connectivity index (χ0n) is 8.34. The molecule has 2 fully saturated rings. The molecule has 1 saturated heterocycles. The van der Waals surface area contributed by atoms with E-state index in [4.69, 9.17) is 5.73 Å². The molecular formula is C10H18N2O. The summed E-state index contributed by atoms with van der Waals surface area (Å²) in [5.41, 5.74) is 5.82. The van der Waals surface area contributed by atoms with E-state index in [0.29, 0.717) is 5.92 Å². The van der Waals surface area contributed by atoms with Crippen molar-refractivity contribution in [2.75, 3.05) is 13.1 Å². The molecule has 13 heavy (non-hydrogen) atoms. The Morgan fingerprint density at radius 2 is 2.31 bits per heavy atom.